The first kappa shape index (κ1) is 17.2. The number of amides is 1. The van der Waals surface area contributed by atoms with Gasteiger partial charge in [0.15, 0.2) is 5.82 Å². The highest BCUT2D eigenvalue weighted by atomic mass is 35.5. The quantitative estimate of drug-likeness (QED) is 0.800. The van der Waals surface area contributed by atoms with Gasteiger partial charge in [-0.1, -0.05) is 37.6 Å². The zero-order chi connectivity index (χ0) is 16.7. The predicted molar refractivity (Wildman–Crippen MR) is 93.5 cm³/mol. The van der Waals surface area contributed by atoms with Gasteiger partial charge >= 0.3 is 0 Å². The minimum absolute atomic E-state index is 0.00817. The summed E-state index contributed by atoms with van der Waals surface area (Å²) in [5.41, 5.74) is 1.10. The van der Waals surface area contributed by atoms with E-state index in [2.05, 4.69) is 20.8 Å². The molecule has 0 aliphatic rings. The summed E-state index contributed by atoms with van der Waals surface area (Å²) < 4.78 is 0. The Bertz CT molecular complexity index is 624. The van der Waals surface area contributed by atoms with Gasteiger partial charge in [-0.2, -0.15) is 0 Å². The number of halogens is 1. The van der Waals surface area contributed by atoms with Crippen molar-refractivity contribution < 1.29 is 4.79 Å². The van der Waals surface area contributed by atoms with Gasteiger partial charge in [0.2, 0.25) is 5.91 Å². The average Bonchev–Trinajstić information content (AvgIpc) is 2.57. The Balaban J connectivity index is 1.89. The second-order valence-corrected chi connectivity index (χ2v) is 5.72. The second-order valence-electron chi connectivity index (χ2n) is 5.29. The molecule has 0 atom stereocenters. The molecular formula is C17H21ClN4O. The number of carbonyl (C=O) groups excluding carboxylic acids is 1. The molecule has 2 aromatic rings. The van der Waals surface area contributed by atoms with Gasteiger partial charge < -0.3 is 10.6 Å². The number of benzene rings is 1. The monoisotopic (exact) mass is 332 g/mol. The van der Waals surface area contributed by atoms with Gasteiger partial charge in [-0.3, -0.25) is 4.79 Å². The van der Waals surface area contributed by atoms with Crippen LogP contribution in [0.15, 0.2) is 36.4 Å². The van der Waals surface area contributed by atoms with Gasteiger partial charge in [0.1, 0.15) is 5.82 Å². The zero-order valence-electron chi connectivity index (χ0n) is 13.3. The second kappa shape index (κ2) is 8.48. The number of rotatable bonds is 7. The molecule has 1 aromatic heterocycles. The summed E-state index contributed by atoms with van der Waals surface area (Å²) in [5.74, 6) is 1.13. The summed E-state index contributed by atoms with van der Waals surface area (Å²) in [5, 5.41) is 14.8. The fraction of sp³-hybridized carbons (Fsp3) is 0.353. The van der Waals surface area contributed by atoms with E-state index in [0.717, 1.165) is 18.4 Å². The Morgan fingerprint density at radius 2 is 1.65 bits per heavy atom. The van der Waals surface area contributed by atoms with E-state index in [1.54, 1.807) is 12.1 Å². The van der Waals surface area contributed by atoms with Crippen LogP contribution in [0.1, 0.15) is 32.3 Å². The molecule has 2 N–H and O–H groups in total. The highest BCUT2D eigenvalue weighted by molar-refractivity contribution is 6.30. The van der Waals surface area contributed by atoms with Crippen molar-refractivity contribution in [3.8, 4) is 0 Å². The van der Waals surface area contributed by atoms with Crippen LogP contribution in [0.4, 0.5) is 11.6 Å². The van der Waals surface area contributed by atoms with Crippen LogP contribution in [-0.4, -0.2) is 16.1 Å². The van der Waals surface area contributed by atoms with Gasteiger partial charge in [-0.15, -0.1) is 10.2 Å². The molecule has 0 aliphatic heterocycles. The number of anilines is 2. The molecule has 0 saturated heterocycles. The SMILES string of the molecule is CCC(CC)C(=O)Nc1ccc(NCc2ccc(Cl)cc2)nn1. The summed E-state index contributed by atoms with van der Waals surface area (Å²) in [6.45, 7) is 4.64. The first-order chi connectivity index (χ1) is 11.1. The lowest BCUT2D eigenvalue weighted by atomic mass is 10.0. The van der Waals surface area contributed by atoms with E-state index < -0.39 is 0 Å². The highest BCUT2D eigenvalue weighted by Crippen LogP contribution is 2.13. The fourth-order valence-corrected chi connectivity index (χ4v) is 2.30. The van der Waals surface area contributed by atoms with Crippen LogP contribution < -0.4 is 10.6 Å². The summed E-state index contributed by atoms with van der Waals surface area (Å²) in [6, 6.07) is 11.1. The third kappa shape index (κ3) is 5.21. The Labute approximate surface area is 141 Å². The first-order valence-electron chi connectivity index (χ1n) is 7.75. The van der Waals surface area contributed by atoms with Crippen molar-refractivity contribution in [1.29, 1.82) is 0 Å². The van der Waals surface area contributed by atoms with Crippen molar-refractivity contribution in [3.63, 3.8) is 0 Å². The van der Waals surface area contributed by atoms with Crippen molar-refractivity contribution in [2.24, 2.45) is 5.92 Å². The smallest absolute Gasteiger partial charge is 0.228 e. The Kier molecular flexibility index (Phi) is 6.35. The van der Waals surface area contributed by atoms with Gasteiger partial charge in [-0.25, -0.2) is 0 Å². The Morgan fingerprint density at radius 3 is 2.22 bits per heavy atom. The molecule has 2 rings (SSSR count). The van der Waals surface area contributed by atoms with E-state index in [4.69, 9.17) is 11.6 Å². The third-order valence-corrected chi connectivity index (χ3v) is 3.91. The summed E-state index contributed by atoms with van der Waals surface area (Å²) in [7, 11) is 0. The topological polar surface area (TPSA) is 66.9 Å². The third-order valence-electron chi connectivity index (χ3n) is 3.66. The maximum Gasteiger partial charge on any atom is 0.228 e. The summed E-state index contributed by atoms with van der Waals surface area (Å²) in [4.78, 5) is 12.0. The predicted octanol–water partition coefficient (Wildman–Crippen LogP) is 4.12. The standard InChI is InChI=1S/C17H21ClN4O/c1-3-13(4-2)17(23)20-16-10-9-15(21-22-16)19-11-12-5-7-14(18)8-6-12/h5-10,13H,3-4,11H2,1-2H3,(H,19,21)(H,20,22,23). The van der Waals surface area contributed by atoms with E-state index in [0.29, 0.717) is 23.2 Å². The van der Waals surface area contributed by atoms with Crippen LogP contribution in [0, 0.1) is 5.92 Å². The van der Waals surface area contributed by atoms with Crippen LogP contribution >= 0.6 is 11.6 Å². The number of nitrogens with one attached hydrogen (secondary N) is 2. The van der Waals surface area contributed by atoms with Gasteiger partial charge in [0.25, 0.3) is 0 Å². The van der Waals surface area contributed by atoms with Crippen molar-refractivity contribution in [2.45, 2.75) is 33.2 Å². The van der Waals surface area contributed by atoms with Gasteiger partial charge in [0, 0.05) is 17.5 Å². The molecule has 0 unspecified atom stereocenters. The molecule has 23 heavy (non-hydrogen) atoms. The fourth-order valence-electron chi connectivity index (χ4n) is 2.18. The van der Waals surface area contributed by atoms with E-state index in [9.17, 15) is 4.79 Å². The molecule has 0 bridgehead atoms. The van der Waals surface area contributed by atoms with E-state index >= 15 is 0 Å². The van der Waals surface area contributed by atoms with Crippen LogP contribution in [-0.2, 0) is 11.3 Å². The maximum absolute atomic E-state index is 12.0. The van der Waals surface area contributed by atoms with Crippen molar-refractivity contribution >= 4 is 29.1 Å². The number of hydrogen-bond acceptors (Lipinski definition) is 4. The lowest BCUT2D eigenvalue weighted by molar-refractivity contribution is -0.120. The van der Waals surface area contributed by atoms with Crippen LogP contribution in [0.3, 0.4) is 0 Å². The summed E-state index contributed by atoms with van der Waals surface area (Å²) in [6.07, 6.45) is 1.63. The lowest BCUT2D eigenvalue weighted by Gasteiger charge is -2.12. The molecule has 1 amide bonds. The van der Waals surface area contributed by atoms with Crippen molar-refractivity contribution in [3.05, 3.63) is 47.0 Å². The van der Waals surface area contributed by atoms with Crippen LogP contribution in [0.2, 0.25) is 5.02 Å². The molecule has 5 nitrogen and oxygen atoms in total. The molecule has 6 heteroatoms. The molecule has 122 valence electrons. The molecule has 0 spiro atoms. The normalized spacial score (nSPS) is 10.6. The van der Waals surface area contributed by atoms with E-state index in [-0.39, 0.29) is 11.8 Å². The lowest BCUT2D eigenvalue weighted by Crippen LogP contribution is -2.22. The molecule has 1 heterocycles. The average molecular weight is 333 g/mol. The van der Waals surface area contributed by atoms with Crippen molar-refractivity contribution in [2.75, 3.05) is 10.6 Å². The van der Waals surface area contributed by atoms with E-state index in [1.165, 1.54) is 0 Å². The molecule has 0 radical (unpaired) electrons. The van der Waals surface area contributed by atoms with Crippen LogP contribution in [0.25, 0.3) is 0 Å². The number of hydrogen-bond donors (Lipinski definition) is 2. The Morgan fingerprint density at radius 1 is 1.04 bits per heavy atom. The minimum Gasteiger partial charge on any atom is -0.365 e. The zero-order valence-corrected chi connectivity index (χ0v) is 14.1. The first-order valence-corrected chi connectivity index (χ1v) is 8.13. The molecule has 1 aromatic carbocycles. The largest absolute Gasteiger partial charge is 0.365 e. The molecule has 0 fully saturated rings. The van der Waals surface area contributed by atoms with Gasteiger partial charge in [0.05, 0.1) is 0 Å². The molecule has 0 aliphatic carbocycles. The van der Waals surface area contributed by atoms with Crippen molar-refractivity contribution in [1.82, 2.24) is 10.2 Å². The Hall–Kier alpha value is -2.14. The van der Waals surface area contributed by atoms with Gasteiger partial charge in [-0.05, 0) is 42.7 Å². The number of nitrogens with zero attached hydrogens (tertiary/aromatic N) is 2. The molecule has 0 saturated carbocycles. The number of carbonyl (C=O) groups is 1. The highest BCUT2D eigenvalue weighted by Gasteiger charge is 2.14. The van der Waals surface area contributed by atoms with E-state index in [1.807, 2.05) is 38.1 Å². The number of aromatic nitrogens is 2. The van der Waals surface area contributed by atoms with Crippen LogP contribution in [0.5, 0.6) is 0 Å². The maximum atomic E-state index is 12.0. The molecular weight excluding hydrogens is 312 g/mol. The minimum atomic E-state index is -0.00817. The summed E-state index contributed by atoms with van der Waals surface area (Å²) >= 11 is 5.85.